The fourth-order valence-corrected chi connectivity index (χ4v) is 1.92. The number of amides is 1. The lowest BCUT2D eigenvalue weighted by Crippen LogP contribution is -2.37. The van der Waals surface area contributed by atoms with Gasteiger partial charge >= 0.3 is 11.8 Å². The van der Waals surface area contributed by atoms with E-state index in [1.165, 1.54) is 20.2 Å². The molecule has 0 saturated heterocycles. The third-order valence-corrected chi connectivity index (χ3v) is 3.06. The minimum Gasteiger partial charge on any atom is -0.500 e. The van der Waals surface area contributed by atoms with Gasteiger partial charge < -0.3 is 19.4 Å². The molecule has 0 fully saturated rings. The van der Waals surface area contributed by atoms with Gasteiger partial charge in [0.2, 0.25) is 5.75 Å². The molecule has 1 aromatic rings. The number of phenolic OH excluding ortho intramolecular Hbond substituents is 1. The Balaban J connectivity index is 3.29. The summed E-state index contributed by atoms with van der Waals surface area (Å²) in [6.45, 7) is 5.01. The summed E-state index contributed by atoms with van der Waals surface area (Å²) in [5.74, 6) is -0.834. The van der Waals surface area contributed by atoms with Gasteiger partial charge in [-0.3, -0.25) is 15.0 Å². The number of carbonyl (C=O) groups excluding carboxylic acids is 2. The van der Waals surface area contributed by atoms with E-state index in [1.54, 1.807) is 20.8 Å². The number of ether oxygens (including phenoxy) is 2. The van der Waals surface area contributed by atoms with Crippen molar-refractivity contribution in [2.75, 3.05) is 14.2 Å². The third-order valence-electron chi connectivity index (χ3n) is 3.06. The Kier molecular flexibility index (Phi) is 5.73. The van der Waals surface area contributed by atoms with Crippen LogP contribution >= 0.6 is 0 Å². The number of nitro benzene ring substituents is 1. The maximum Gasteiger partial charge on any atom is 0.410 e. The van der Waals surface area contributed by atoms with Crippen LogP contribution in [0.1, 0.15) is 32.4 Å². The van der Waals surface area contributed by atoms with Crippen LogP contribution in [0.15, 0.2) is 12.1 Å². The molecule has 1 rings (SSSR count). The molecule has 0 aliphatic heterocycles. The highest BCUT2D eigenvalue weighted by Gasteiger charge is 2.29. The number of hydrogen-bond acceptors (Lipinski definition) is 7. The van der Waals surface area contributed by atoms with Gasteiger partial charge in [-0.1, -0.05) is 0 Å². The van der Waals surface area contributed by atoms with Crippen LogP contribution in [0.3, 0.4) is 0 Å². The molecule has 9 nitrogen and oxygen atoms in total. The highest BCUT2D eigenvalue weighted by atomic mass is 16.6. The van der Waals surface area contributed by atoms with E-state index in [1.807, 2.05) is 0 Å². The Bertz CT molecular complexity index is 652. The van der Waals surface area contributed by atoms with E-state index in [9.17, 15) is 24.8 Å². The van der Waals surface area contributed by atoms with Crippen LogP contribution in [0.5, 0.6) is 11.5 Å². The number of aldehydes is 1. The van der Waals surface area contributed by atoms with Crippen molar-refractivity contribution in [3.05, 3.63) is 27.8 Å². The lowest BCUT2D eigenvalue weighted by atomic mass is 10.0. The van der Waals surface area contributed by atoms with Gasteiger partial charge in [-0.2, -0.15) is 0 Å². The van der Waals surface area contributed by atoms with E-state index in [-0.39, 0.29) is 11.3 Å². The monoisotopic (exact) mass is 340 g/mol. The number of hydrogen-bond donors (Lipinski definition) is 1. The molecule has 0 aliphatic rings. The summed E-state index contributed by atoms with van der Waals surface area (Å²) in [4.78, 5) is 34.8. The van der Waals surface area contributed by atoms with Crippen molar-refractivity contribution in [2.45, 2.75) is 32.4 Å². The number of methoxy groups -OCH3 is 1. The standard InChI is InChI=1S/C15H20N2O7/c1-15(2,3)24-14(20)16(4)11(8-18)9-6-10(17(21)22)13(19)12(7-9)23-5/h6-8,11,19H,1-5H3. The van der Waals surface area contributed by atoms with Crippen LogP contribution in [0, 0.1) is 10.1 Å². The van der Waals surface area contributed by atoms with Crippen molar-refractivity contribution in [3.63, 3.8) is 0 Å². The molecule has 132 valence electrons. The van der Waals surface area contributed by atoms with Crippen LogP contribution < -0.4 is 4.74 Å². The third kappa shape index (κ3) is 4.34. The molecule has 0 saturated carbocycles. The largest absolute Gasteiger partial charge is 0.500 e. The van der Waals surface area contributed by atoms with Crippen LogP contribution in [-0.4, -0.2) is 47.1 Å². The molecular weight excluding hydrogens is 320 g/mol. The van der Waals surface area contributed by atoms with Crippen molar-refractivity contribution in [3.8, 4) is 11.5 Å². The smallest absolute Gasteiger partial charge is 0.410 e. The summed E-state index contributed by atoms with van der Waals surface area (Å²) in [5, 5.41) is 20.8. The minimum absolute atomic E-state index is 0.111. The Labute approximate surface area is 138 Å². The maximum absolute atomic E-state index is 12.1. The minimum atomic E-state index is -1.15. The first-order valence-electron chi connectivity index (χ1n) is 6.98. The molecule has 0 spiro atoms. The lowest BCUT2D eigenvalue weighted by Gasteiger charge is -2.28. The molecule has 1 unspecified atom stereocenters. The number of rotatable bonds is 5. The lowest BCUT2D eigenvalue weighted by molar-refractivity contribution is -0.386. The second kappa shape index (κ2) is 7.16. The van der Waals surface area contributed by atoms with E-state index in [2.05, 4.69) is 0 Å². The van der Waals surface area contributed by atoms with Crippen molar-refractivity contribution in [2.24, 2.45) is 0 Å². The Morgan fingerprint density at radius 3 is 2.42 bits per heavy atom. The van der Waals surface area contributed by atoms with Gasteiger partial charge in [-0.25, -0.2) is 4.79 Å². The van der Waals surface area contributed by atoms with E-state index in [0.29, 0.717) is 6.29 Å². The SMILES string of the molecule is COc1cc(C(C=O)N(C)C(=O)OC(C)(C)C)cc([N+](=O)[O-])c1O. The number of likely N-dealkylation sites (N-methyl/N-ethyl adjacent to an activating group) is 1. The van der Waals surface area contributed by atoms with E-state index < -0.39 is 34.1 Å². The van der Waals surface area contributed by atoms with E-state index in [4.69, 9.17) is 9.47 Å². The normalized spacial score (nSPS) is 12.2. The number of aromatic hydroxyl groups is 1. The molecule has 9 heteroatoms. The molecule has 0 bridgehead atoms. The van der Waals surface area contributed by atoms with Crippen molar-refractivity contribution < 1.29 is 29.1 Å². The van der Waals surface area contributed by atoms with Crippen molar-refractivity contribution in [1.29, 1.82) is 0 Å². The Hall–Kier alpha value is -2.84. The summed E-state index contributed by atoms with van der Waals surface area (Å²) in [7, 11) is 2.55. The molecule has 1 aromatic carbocycles. The molecule has 0 aliphatic carbocycles. The van der Waals surface area contributed by atoms with Crippen LogP contribution in [0.25, 0.3) is 0 Å². The fourth-order valence-electron chi connectivity index (χ4n) is 1.92. The first-order chi connectivity index (χ1) is 11.0. The number of nitrogens with zero attached hydrogens (tertiary/aromatic N) is 2. The molecule has 0 aromatic heterocycles. The van der Waals surface area contributed by atoms with Gasteiger partial charge in [0.25, 0.3) is 0 Å². The summed E-state index contributed by atoms with van der Waals surface area (Å²) in [5.41, 5.74) is -1.29. The maximum atomic E-state index is 12.1. The molecule has 24 heavy (non-hydrogen) atoms. The van der Waals surface area contributed by atoms with E-state index >= 15 is 0 Å². The number of benzene rings is 1. The molecular formula is C15H20N2O7. The predicted molar refractivity (Wildman–Crippen MR) is 84.1 cm³/mol. The second-order valence-electron chi connectivity index (χ2n) is 6.02. The summed E-state index contributed by atoms with van der Waals surface area (Å²) in [6, 6.07) is 1.12. The topological polar surface area (TPSA) is 119 Å². The average molecular weight is 340 g/mol. The number of phenols is 1. The average Bonchev–Trinajstić information content (AvgIpc) is 2.46. The zero-order chi connectivity index (χ0) is 18.7. The Morgan fingerprint density at radius 2 is 2.00 bits per heavy atom. The summed E-state index contributed by atoms with van der Waals surface area (Å²) in [6.07, 6.45) is -0.325. The molecule has 0 heterocycles. The predicted octanol–water partition coefficient (Wildman–Crippen LogP) is 2.42. The van der Waals surface area contributed by atoms with Gasteiger partial charge in [-0.05, 0) is 32.4 Å². The number of carbonyl (C=O) groups is 2. The second-order valence-corrected chi connectivity index (χ2v) is 6.02. The van der Waals surface area contributed by atoms with Crippen LogP contribution in [0.2, 0.25) is 0 Å². The highest BCUT2D eigenvalue weighted by Crippen LogP contribution is 2.39. The van der Waals surface area contributed by atoms with Gasteiger partial charge in [0.15, 0.2) is 5.75 Å². The quantitative estimate of drug-likeness (QED) is 0.496. The first-order valence-corrected chi connectivity index (χ1v) is 6.98. The highest BCUT2D eigenvalue weighted by molar-refractivity contribution is 5.75. The summed E-state index contributed by atoms with van der Waals surface area (Å²) < 4.78 is 10.1. The first kappa shape index (κ1) is 19.2. The Morgan fingerprint density at radius 1 is 1.42 bits per heavy atom. The zero-order valence-electron chi connectivity index (χ0n) is 14.1. The fraction of sp³-hybridized carbons (Fsp3) is 0.467. The van der Waals surface area contributed by atoms with Crippen molar-refractivity contribution >= 4 is 18.1 Å². The van der Waals surface area contributed by atoms with Gasteiger partial charge in [0, 0.05) is 13.1 Å². The van der Waals surface area contributed by atoms with Gasteiger partial charge in [0.1, 0.15) is 17.9 Å². The van der Waals surface area contributed by atoms with Crippen molar-refractivity contribution in [1.82, 2.24) is 4.90 Å². The van der Waals surface area contributed by atoms with Gasteiger partial charge in [0.05, 0.1) is 12.0 Å². The molecule has 1 amide bonds. The molecule has 0 radical (unpaired) electrons. The number of nitro groups is 1. The summed E-state index contributed by atoms with van der Waals surface area (Å²) >= 11 is 0. The zero-order valence-corrected chi connectivity index (χ0v) is 14.1. The van der Waals surface area contributed by atoms with Crippen LogP contribution in [0.4, 0.5) is 10.5 Å². The molecule has 1 atom stereocenters. The van der Waals surface area contributed by atoms with E-state index in [0.717, 1.165) is 11.0 Å². The van der Waals surface area contributed by atoms with Gasteiger partial charge in [-0.15, -0.1) is 0 Å². The van der Waals surface area contributed by atoms with Crippen LogP contribution in [-0.2, 0) is 9.53 Å². The molecule has 1 N–H and O–H groups in total.